The number of aliphatic hydroxyl groups excluding tert-OH is 1. The van der Waals surface area contributed by atoms with Gasteiger partial charge >= 0.3 is 0 Å². The number of halogens is 1. The van der Waals surface area contributed by atoms with E-state index in [9.17, 15) is 10.1 Å². The van der Waals surface area contributed by atoms with Crippen LogP contribution in [0.3, 0.4) is 0 Å². The third kappa shape index (κ3) is 3.44. The Labute approximate surface area is 118 Å². The monoisotopic (exact) mass is 296 g/mol. The Balaban J connectivity index is 2.26. The van der Waals surface area contributed by atoms with Crippen molar-refractivity contribution in [2.75, 3.05) is 0 Å². The predicted molar refractivity (Wildman–Crippen MR) is 72.4 cm³/mol. The van der Waals surface area contributed by atoms with Crippen molar-refractivity contribution in [3.8, 4) is 0 Å². The van der Waals surface area contributed by atoms with E-state index in [1.165, 1.54) is 24.0 Å². The second-order valence-corrected chi connectivity index (χ2v) is 5.15. The standard InChI is InChI=1S/C12H9ClN2O3S/c13-9-1-4-12(14-6-9)19-10-2-3-11(15(17)18)8(5-10)7-16/h1-6,16H,7H2. The first-order chi connectivity index (χ1) is 9.10. The van der Waals surface area contributed by atoms with Crippen molar-refractivity contribution in [2.45, 2.75) is 16.5 Å². The molecule has 0 aliphatic heterocycles. The molecule has 0 saturated heterocycles. The van der Waals surface area contributed by atoms with E-state index in [-0.39, 0.29) is 17.9 Å². The molecule has 0 aliphatic carbocycles. The Morgan fingerprint density at radius 1 is 1.37 bits per heavy atom. The first-order valence-corrected chi connectivity index (χ1v) is 6.47. The van der Waals surface area contributed by atoms with Crippen LogP contribution in [0.25, 0.3) is 0 Å². The van der Waals surface area contributed by atoms with Gasteiger partial charge in [-0.2, -0.15) is 0 Å². The van der Waals surface area contributed by atoms with Crippen molar-refractivity contribution in [3.63, 3.8) is 0 Å². The molecule has 0 atom stereocenters. The molecule has 2 rings (SSSR count). The molecule has 5 nitrogen and oxygen atoms in total. The van der Waals surface area contributed by atoms with E-state index in [1.54, 1.807) is 24.3 Å². The van der Waals surface area contributed by atoms with Gasteiger partial charge in [0.05, 0.1) is 22.1 Å². The van der Waals surface area contributed by atoms with E-state index in [2.05, 4.69) is 4.98 Å². The van der Waals surface area contributed by atoms with E-state index >= 15 is 0 Å². The fourth-order valence-corrected chi connectivity index (χ4v) is 2.41. The molecular weight excluding hydrogens is 288 g/mol. The molecule has 0 fully saturated rings. The molecule has 0 unspecified atom stereocenters. The lowest BCUT2D eigenvalue weighted by Crippen LogP contribution is -1.95. The number of pyridine rings is 1. The molecule has 0 spiro atoms. The van der Waals surface area contributed by atoms with Crippen LogP contribution in [0.15, 0.2) is 46.5 Å². The Bertz CT molecular complexity index is 604. The quantitative estimate of drug-likeness (QED) is 0.692. The second kappa shape index (κ2) is 6.01. The van der Waals surface area contributed by atoms with Gasteiger partial charge in [0.1, 0.15) is 5.03 Å². The Morgan fingerprint density at radius 3 is 2.74 bits per heavy atom. The number of benzene rings is 1. The summed E-state index contributed by atoms with van der Waals surface area (Å²) in [6.45, 7) is -0.376. The molecule has 0 amide bonds. The summed E-state index contributed by atoms with van der Waals surface area (Å²) in [7, 11) is 0. The van der Waals surface area contributed by atoms with Crippen molar-refractivity contribution < 1.29 is 10.0 Å². The topological polar surface area (TPSA) is 76.3 Å². The number of aromatic nitrogens is 1. The normalized spacial score (nSPS) is 10.4. The first-order valence-electron chi connectivity index (χ1n) is 5.27. The number of aliphatic hydroxyl groups is 1. The molecule has 2 aromatic rings. The molecule has 1 aromatic heterocycles. The molecule has 1 heterocycles. The lowest BCUT2D eigenvalue weighted by molar-refractivity contribution is -0.385. The van der Waals surface area contributed by atoms with Crippen LogP contribution in [0.1, 0.15) is 5.56 Å². The zero-order valence-electron chi connectivity index (χ0n) is 9.62. The molecule has 0 saturated carbocycles. The lowest BCUT2D eigenvalue weighted by atomic mass is 10.2. The van der Waals surface area contributed by atoms with Crippen LogP contribution >= 0.6 is 23.4 Å². The van der Waals surface area contributed by atoms with Crippen LogP contribution in [-0.4, -0.2) is 15.0 Å². The third-order valence-electron chi connectivity index (χ3n) is 2.34. The second-order valence-electron chi connectivity index (χ2n) is 3.62. The molecule has 1 aromatic carbocycles. The summed E-state index contributed by atoms with van der Waals surface area (Å²) in [6, 6.07) is 8.06. The lowest BCUT2D eigenvalue weighted by Gasteiger charge is -2.04. The van der Waals surface area contributed by atoms with E-state index < -0.39 is 4.92 Å². The average Bonchev–Trinajstić information content (AvgIpc) is 2.41. The molecule has 0 aliphatic rings. The Hall–Kier alpha value is -1.63. The number of rotatable bonds is 4. The Kier molecular flexibility index (Phi) is 4.36. The summed E-state index contributed by atoms with van der Waals surface area (Å²) in [5.41, 5.74) is 0.194. The summed E-state index contributed by atoms with van der Waals surface area (Å²) in [5, 5.41) is 21.2. The minimum absolute atomic E-state index is 0.0871. The van der Waals surface area contributed by atoms with Crippen molar-refractivity contribution in [3.05, 3.63) is 57.2 Å². The predicted octanol–water partition coefficient (Wildman–Crippen LogP) is 3.29. The number of nitrogens with zero attached hydrogens (tertiary/aromatic N) is 2. The van der Waals surface area contributed by atoms with Crippen LogP contribution in [0.2, 0.25) is 5.02 Å². The highest BCUT2D eigenvalue weighted by atomic mass is 35.5. The third-order valence-corrected chi connectivity index (χ3v) is 3.50. The van der Waals surface area contributed by atoms with Crippen LogP contribution in [0.4, 0.5) is 5.69 Å². The summed E-state index contributed by atoms with van der Waals surface area (Å²) in [5.74, 6) is 0. The summed E-state index contributed by atoms with van der Waals surface area (Å²) in [6.07, 6.45) is 1.53. The zero-order valence-corrected chi connectivity index (χ0v) is 11.2. The smallest absolute Gasteiger partial charge is 0.274 e. The summed E-state index contributed by atoms with van der Waals surface area (Å²) >= 11 is 7.08. The van der Waals surface area contributed by atoms with E-state index in [0.29, 0.717) is 5.02 Å². The largest absolute Gasteiger partial charge is 0.391 e. The fraction of sp³-hybridized carbons (Fsp3) is 0.0833. The molecule has 19 heavy (non-hydrogen) atoms. The molecule has 98 valence electrons. The highest BCUT2D eigenvalue weighted by molar-refractivity contribution is 7.99. The maximum Gasteiger partial charge on any atom is 0.274 e. The summed E-state index contributed by atoms with van der Waals surface area (Å²) in [4.78, 5) is 15.1. The fourth-order valence-electron chi connectivity index (χ4n) is 1.47. The van der Waals surface area contributed by atoms with Gasteiger partial charge in [-0.3, -0.25) is 10.1 Å². The molecule has 1 N–H and O–H groups in total. The van der Waals surface area contributed by atoms with Gasteiger partial charge in [-0.25, -0.2) is 4.98 Å². The molecular formula is C12H9ClN2O3S. The van der Waals surface area contributed by atoms with Gasteiger partial charge in [-0.15, -0.1) is 0 Å². The van der Waals surface area contributed by atoms with Gasteiger partial charge in [0.2, 0.25) is 0 Å². The van der Waals surface area contributed by atoms with Crippen LogP contribution < -0.4 is 0 Å². The van der Waals surface area contributed by atoms with Gasteiger partial charge < -0.3 is 5.11 Å². The highest BCUT2D eigenvalue weighted by Crippen LogP contribution is 2.30. The van der Waals surface area contributed by atoms with Crippen LogP contribution in [0.5, 0.6) is 0 Å². The van der Waals surface area contributed by atoms with Crippen LogP contribution in [-0.2, 0) is 6.61 Å². The number of hydrogen-bond acceptors (Lipinski definition) is 5. The van der Waals surface area contributed by atoms with Crippen molar-refractivity contribution in [1.82, 2.24) is 4.98 Å². The van der Waals surface area contributed by atoms with Gasteiger partial charge in [-0.1, -0.05) is 23.4 Å². The molecule has 7 heteroatoms. The van der Waals surface area contributed by atoms with Crippen molar-refractivity contribution >= 4 is 29.1 Å². The first kappa shape index (κ1) is 13.8. The van der Waals surface area contributed by atoms with Gasteiger partial charge in [0.25, 0.3) is 5.69 Å². The number of hydrogen-bond donors (Lipinski definition) is 1. The molecule has 0 radical (unpaired) electrons. The maximum atomic E-state index is 10.7. The summed E-state index contributed by atoms with van der Waals surface area (Å²) < 4.78 is 0. The maximum absolute atomic E-state index is 10.7. The molecule has 0 bridgehead atoms. The van der Waals surface area contributed by atoms with Crippen molar-refractivity contribution in [1.29, 1.82) is 0 Å². The number of nitro benzene ring substituents is 1. The average molecular weight is 297 g/mol. The van der Waals surface area contributed by atoms with E-state index in [0.717, 1.165) is 9.92 Å². The highest BCUT2D eigenvalue weighted by Gasteiger charge is 2.13. The van der Waals surface area contributed by atoms with Gasteiger partial charge in [-0.05, 0) is 24.3 Å². The minimum Gasteiger partial charge on any atom is -0.391 e. The zero-order chi connectivity index (χ0) is 13.8. The SMILES string of the molecule is O=[N+]([O-])c1ccc(Sc2ccc(Cl)cn2)cc1CO. The van der Waals surface area contributed by atoms with E-state index in [4.69, 9.17) is 16.7 Å². The van der Waals surface area contributed by atoms with E-state index in [1.807, 2.05) is 0 Å². The minimum atomic E-state index is -0.513. The van der Waals surface area contributed by atoms with Gasteiger partial charge in [0, 0.05) is 17.2 Å². The number of nitro groups is 1. The Morgan fingerprint density at radius 2 is 2.16 bits per heavy atom. The van der Waals surface area contributed by atoms with Crippen LogP contribution in [0, 0.1) is 10.1 Å². The van der Waals surface area contributed by atoms with Crippen molar-refractivity contribution in [2.24, 2.45) is 0 Å². The van der Waals surface area contributed by atoms with Gasteiger partial charge in [0.15, 0.2) is 0 Å².